The van der Waals surface area contributed by atoms with E-state index in [4.69, 9.17) is 0 Å². The molecule has 11 heavy (non-hydrogen) atoms. The maximum absolute atomic E-state index is 3.09. The molecule has 0 aromatic rings. The number of hydrogen-bond acceptors (Lipinski definition) is 2. The van der Waals surface area contributed by atoms with Gasteiger partial charge in [0.25, 0.3) is 0 Å². The fourth-order valence-electron chi connectivity index (χ4n) is 0.993. The highest BCUT2D eigenvalue weighted by Crippen LogP contribution is 2.08. The van der Waals surface area contributed by atoms with Crippen LogP contribution in [-0.4, -0.2) is 25.6 Å². The van der Waals surface area contributed by atoms with Gasteiger partial charge in [-0.2, -0.15) is 0 Å². The molecule has 68 valence electrons. The summed E-state index contributed by atoms with van der Waals surface area (Å²) in [7, 11) is 4.04. The Kier molecular flexibility index (Phi) is 6.57. The van der Waals surface area contributed by atoms with Gasteiger partial charge in [0.2, 0.25) is 0 Å². The number of hydrogen-bond donors (Lipinski definition) is 1. The van der Waals surface area contributed by atoms with Crippen molar-refractivity contribution in [2.24, 2.45) is 5.92 Å². The van der Waals surface area contributed by atoms with Gasteiger partial charge in [0.05, 0.1) is 0 Å². The van der Waals surface area contributed by atoms with Crippen LogP contribution >= 0.6 is 0 Å². The van der Waals surface area contributed by atoms with Crippen LogP contribution in [0.4, 0.5) is 0 Å². The third-order valence-electron chi connectivity index (χ3n) is 2.27. The second-order valence-corrected chi connectivity index (χ2v) is 3.30. The molecule has 1 N–H and O–H groups in total. The van der Waals surface area contributed by atoms with Crippen molar-refractivity contribution in [3.05, 3.63) is 0 Å². The second-order valence-electron chi connectivity index (χ2n) is 3.30. The lowest BCUT2D eigenvalue weighted by molar-refractivity contribution is 0.248. The minimum Gasteiger partial charge on any atom is -0.259 e. The summed E-state index contributed by atoms with van der Waals surface area (Å²) in [4.78, 5) is 0. The zero-order chi connectivity index (χ0) is 8.69. The molecule has 1 unspecified atom stereocenters. The van der Waals surface area contributed by atoms with Gasteiger partial charge < -0.3 is 0 Å². The molecule has 2 heteroatoms. The van der Waals surface area contributed by atoms with Crippen molar-refractivity contribution in [2.45, 2.75) is 33.1 Å². The van der Waals surface area contributed by atoms with E-state index in [1.54, 1.807) is 0 Å². The zero-order valence-electron chi connectivity index (χ0n) is 8.35. The zero-order valence-corrected chi connectivity index (χ0v) is 8.35. The van der Waals surface area contributed by atoms with Crippen LogP contribution in [0.1, 0.15) is 33.1 Å². The summed E-state index contributed by atoms with van der Waals surface area (Å²) >= 11 is 0. The van der Waals surface area contributed by atoms with Crippen molar-refractivity contribution in [3.63, 3.8) is 0 Å². The Hall–Kier alpha value is -0.0800. The third-order valence-corrected chi connectivity index (χ3v) is 2.27. The van der Waals surface area contributed by atoms with Crippen LogP contribution in [0.25, 0.3) is 0 Å². The lowest BCUT2D eigenvalue weighted by Gasteiger charge is -2.15. The molecule has 2 nitrogen and oxygen atoms in total. The molecule has 0 aliphatic carbocycles. The largest absolute Gasteiger partial charge is 0.259 e. The number of rotatable bonds is 6. The Labute approximate surface area is 70.9 Å². The molecule has 0 amide bonds. The summed E-state index contributed by atoms with van der Waals surface area (Å²) in [5, 5.41) is 2.13. The minimum absolute atomic E-state index is 0.889. The average molecular weight is 158 g/mol. The highest BCUT2D eigenvalue weighted by atomic mass is 15.5. The maximum Gasteiger partial charge on any atom is 0.0127 e. The van der Waals surface area contributed by atoms with E-state index in [1.165, 1.54) is 19.3 Å². The van der Waals surface area contributed by atoms with Crippen molar-refractivity contribution in [2.75, 3.05) is 20.6 Å². The van der Waals surface area contributed by atoms with Gasteiger partial charge in [0.15, 0.2) is 0 Å². The fraction of sp³-hybridized carbons (Fsp3) is 1.00. The Balaban J connectivity index is 3.13. The van der Waals surface area contributed by atoms with Gasteiger partial charge in [-0.1, -0.05) is 20.3 Å². The molecular formula is C9H22N2. The lowest BCUT2D eigenvalue weighted by atomic mass is 10.0. The molecule has 0 aromatic heterocycles. The van der Waals surface area contributed by atoms with Crippen molar-refractivity contribution < 1.29 is 0 Å². The molecule has 0 aliphatic rings. The van der Waals surface area contributed by atoms with E-state index in [9.17, 15) is 0 Å². The van der Waals surface area contributed by atoms with Gasteiger partial charge in [-0.3, -0.25) is 5.43 Å². The Morgan fingerprint density at radius 3 is 2.55 bits per heavy atom. The molecule has 0 fully saturated rings. The maximum atomic E-state index is 3.09. The number of nitrogens with zero attached hydrogens (tertiary/aromatic N) is 1. The van der Waals surface area contributed by atoms with E-state index in [0.29, 0.717) is 0 Å². The second kappa shape index (κ2) is 6.62. The SMILES string of the molecule is CCC(C)CCCN(C)NC. The highest BCUT2D eigenvalue weighted by Gasteiger charge is 1.99. The number of nitrogens with one attached hydrogen (secondary N) is 1. The van der Waals surface area contributed by atoms with E-state index in [0.717, 1.165) is 12.5 Å². The van der Waals surface area contributed by atoms with Crippen LogP contribution < -0.4 is 5.43 Å². The van der Waals surface area contributed by atoms with E-state index in [1.807, 2.05) is 7.05 Å². The molecular weight excluding hydrogens is 136 g/mol. The predicted octanol–water partition coefficient (Wildman–Crippen LogP) is 1.88. The molecule has 0 saturated heterocycles. The Bertz CT molecular complexity index is 73.6. The van der Waals surface area contributed by atoms with Crippen LogP contribution in [0.15, 0.2) is 0 Å². The molecule has 0 saturated carbocycles. The number of hydrazine groups is 1. The van der Waals surface area contributed by atoms with Gasteiger partial charge in [0.1, 0.15) is 0 Å². The summed E-state index contributed by atoms with van der Waals surface area (Å²) in [6.45, 7) is 5.73. The quantitative estimate of drug-likeness (QED) is 0.594. The van der Waals surface area contributed by atoms with Crippen LogP contribution in [0.3, 0.4) is 0 Å². The molecule has 0 aliphatic heterocycles. The van der Waals surface area contributed by atoms with Gasteiger partial charge in [-0.15, -0.1) is 0 Å². The summed E-state index contributed by atoms with van der Waals surface area (Å²) in [6, 6.07) is 0. The van der Waals surface area contributed by atoms with Crippen LogP contribution in [0.5, 0.6) is 0 Å². The standard InChI is InChI=1S/C9H22N2/c1-5-9(2)7-6-8-11(4)10-3/h9-10H,5-8H2,1-4H3. The van der Waals surface area contributed by atoms with Crippen LogP contribution in [0, 0.1) is 5.92 Å². The van der Waals surface area contributed by atoms with Gasteiger partial charge >= 0.3 is 0 Å². The molecule has 1 atom stereocenters. The highest BCUT2D eigenvalue weighted by molar-refractivity contribution is 4.51. The molecule has 0 bridgehead atoms. The Morgan fingerprint density at radius 2 is 2.09 bits per heavy atom. The van der Waals surface area contributed by atoms with E-state index in [2.05, 4.69) is 31.3 Å². The molecule has 0 spiro atoms. The Morgan fingerprint density at radius 1 is 1.45 bits per heavy atom. The van der Waals surface area contributed by atoms with E-state index >= 15 is 0 Å². The fourth-order valence-corrected chi connectivity index (χ4v) is 0.993. The lowest BCUT2D eigenvalue weighted by Crippen LogP contribution is -2.31. The first-order chi connectivity index (χ1) is 5.20. The molecule has 0 aromatic carbocycles. The monoisotopic (exact) mass is 158 g/mol. The first-order valence-corrected chi connectivity index (χ1v) is 4.59. The first kappa shape index (κ1) is 10.9. The van der Waals surface area contributed by atoms with Crippen molar-refractivity contribution in [3.8, 4) is 0 Å². The summed E-state index contributed by atoms with van der Waals surface area (Å²) in [5.74, 6) is 0.889. The summed E-state index contributed by atoms with van der Waals surface area (Å²) < 4.78 is 0. The summed E-state index contributed by atoms with van der Waals surface area (Å²) in [5.41, 5.74) is 3.09. The summed E-state index contributed by atoms with van der Waals surface area (Å²) in [6.07, 6.45) is 3.96. The molecule has 0 radical (unpaired) electrons. The molecule has 0 heterocycles. The van der Waals surface area contributed by atoms with Gasteiger partial charge in [0, 0.05) is 13.6 Å². The molecule has 0 rings (SSSR count). The van der Waals surface area contributed by atoms with Crippen LogP contribution in [-0.2, 0) is 0 Å². The smallest absolute Gasteiger partial charge is 0.0127 e. The minimum atomic E-state index is 0.889. The van der Waals surface area contributed by atoms with Crippen molar-refractivity contribution >= 4 is 0 Å². The van der Waals surface area contributed by atoms with E-state index < -0.39 is 0 Å². The van der Waals surface area contributed by atoms with Crippen LogP contribution in [0.2, 0.25) is 0 Å². The normalized spacial score (nSPS) is 13.9. The van der Waals surface area contributed by atoms with Gasteiger partial charge in [-0.25, -0.2) is 5.01 Å². The van der Waals surface area contributed by atoms with E-state index in [-0.39, 0.29) is 0 Å². The van der Waals surface area contributed by atoms with Crippen molar-refractivity contribution in [1.82, 2.24) is 10.4 Å². The first-order valence-electron chi connectivity index (χ1n) is 4.59. The average Bonchev–Trinajstić information content (AvgIpc) is 2.04. The van der Waals surface area contributed by atoms with Crippen molar-refractivity contribution in [1.29, 1.82) is 0 Å². The topological polar surface area (TPSA) is 15.3 Å². The van der Waals surface area contributed by atoms with Gasteiger partial charge in [-0.05, 0) is 25.8 Å². The third kappa shape index (κ3) is 6.32. The predicted molar refractivity (Wildman–Crippen MR) is 50.4 cm³/mol.